The van der Waals surface area contributed by atoms with Crippen molar-refractivity contribution in [3.63, 3.8) is 0 Å². The standard InChI is InChI=1S/C23H21N3O2S/c1-3-28-22-11-9-18-19(12-13-24-23(18)26-22)25-20-14-15(2)4-10-21(20)29-17-7-5-16(27)6-8-17/h4-14,27H,3H2,1-2H3,(H,24,25,26). The van der Waals surface area contributed by atoms with Crippen molar-refractivity contribution >= 4 is 34.2 Å². The molecule has 4 aromatic rings. The quantitative estimate of drug-likeness (QED) is 0.415. The molecule has 0 aliphatic heterocycles. The van der Waals surface area contributed by atoms with Crippen molar-refractivity contribution in [1.29, 1.82) is 0 Å². The van der Waals surface area contributed by atoms with E-state index in [1.807, 2.05) is 37.3 Å². The molecule has 2 N–H and O–H groups in total. The lowest BCUT2D eigenvalue weighted by Gasteiger charge is -2.14. The van der Waals surface area contributed by atoms with Crippen molar-refractivity contribution in [3.05, 3.63) is 72.4 Å². The number of ether oxygens (including phenoxy) is 1. The number of rotatable bonds is 6. The molecule has 29 heavy (non-hydrogen) atoms. The Morgan fingerprint density at radius 2 is 1.83 bits per heavy atom. The number of aromatic nitrogens is 2. The molecule has 0 fully saturated rings. The van der Waals surface area contributed by atoms with Gasteiger partial charge < -0.3 is 15.2 Å². The molecule has 0 amide bonds. The molecule has 2 aromatic carbocycles. The van der Waals surface area contributed by atoms with Crippen molar-refractivity contribution in [3.8, 4) is 11.6 Å². The van der Waals surface area contributed by atoms with Gasteiger partial charge in [0.15, 0.2) is 5.65 Å². The van der Waals surface area contributed by atoms with Crippen LogP contribution < -0.4 is 10.1 Å². The van der Waals surface area contributed by atoms with E-state index in [9.17, 15) is 5.11 Å². The van der Waals surface area contributed by atoms with E-state index >= 15 is 0 Å². The van der Waals surface area contributed by atoms with Crippen LogP contribution in [0.15, 0.2) is 76.7 Å². The summed E-state index contributed by atoms with van der Waals surface area (Å²) in [5.74, 6) is 0.836. The monoisotopic (exact) mass is 403 g/mol. The lowest BCUT2D eigenvalue weighted by molar-refractivity contribution is 0.328. The first-order chi connectivity index (χ1) is 14.1. The summed E-state index contributed by atoms with van der Waals surface area (Å²) in [4.78, 5) is 11.0. The first kappa shape index (κ1) is 19.1. The summed E-state index contributed by atoms with van der Waals surface area (Å²) in [6, 6.07) is 19.3. The van der Waals surface area contributed by atoms with Crippen LogP contribution in [0.25, 0.3) is 11.0 Å². The first-order valence-corrected chi connectivity index (χ1v) is 10.2. The molecule has 4 rings (SSSR count). The molecule has 2 aromatic heterocycles. The molecule has 0 aliphatic rings. The van der Waals surface area contributed by atoms with Crippen LogP contribution in [0.4, 0.5) is 11.4 Å². The molecule has 6 heteroatoms. The summed E-state index contributed by atoms with van der Waals surface area (Å²) in [6.45, 7) is 4.57. The van der Waals surface area contributed by atoms with Gasteiger partial charge in [0.1, 0.15) is 5.75 Å². The molecule has 0 spiro atoms. The second kappa shape index (κ2) is 8.41. The molecule has 0 bridgehead atoms. The number of nitrogens with zero attached hydrogens (tertiary/aromatic N) is 2. The maximum Gasteiger partial charge on any atom is 0.215 e. The second-order valence-electron chi connectivity index (χ2n) is 6.53. The number of hydrogen-bond acceptors (Lipinski definition) is 6. The number of phenolic OH excluding ortho intramolecular Hbond substituents is 1. The summed E-state index contributed by atoms with van der Waals surface area (Å²) in [5, 5.41) is 14.0. The van der Waals surface area contributed by atoms with E-state index in [4.69, 9.17) is 4.74 Å². The largest absolute Gasteiger partial charge is 0.508 e. The van der Waals surface area contributed by atoms with Crippen LogP contribution in [-0.4, -0.2) is 21.7 Å². The number of benzene rings is 2. The highest BCUT2D eigenvalue weighted by Crippen LogP contribution is 2.37. The highest BCUT2D eigenvalue weighted by Gasteiger charge is 2.10. The van der Waals surface area contributed by atoms with Gasteiger partial charge in [0.2, 0.25) is 5.88 Å². The van der Waals surface area contributed by atoms with Gasteiger partial charge in [0, 0.05) is 27.4 Å². The van der Waals surface area contributed by atoms with Gasteiger partial charge in [-0.05, 0) is 67.9 Å². The minimum absolute atomic E-state index is 0.263. The number of pyridine rings is 2. The maximum absolute atomic E-state index is 9.52. The molecule has 0 aliphatic carbocycles. The molecule has 0 unspecified atom stereocenters. The Kier molecular flexibility index (Phi) is 5.53. The summed E-state index contributed by atoms with van der Waals surface area (Å²) >= 11 is 1.64. The van der Waals surface area contributed by atoms with Crippen LogP contribution in [0, 0.1) is 6.92 Å². The van der Waals surface area contributed by atoms with Gasteiger partial charge in [-0.2, -0.15) is 4.98 Å². The number of hydrogen-bond donors (Lipinski definition) is 2. The van der Waals surface area contributed by atoms with Crippen LogP contribution in [0.3, 0.4) is 0 Å². The summed E-state index contributed by atoms with van der Waals surface area (Å²) < 4.78 is 5.49. The van der Waals surface area contributed by atoms with Gasteiger partial charge in [-0.25, -0.2) is 4.98 Å². The Morgan fingerprint density at radius 1 is 1.00 bits per heavy atom. The average Bonchev–Trinajstić information content (AvgIpc) is 2.72. The zero-order chi connectivity index (χ0) is 20.2. The zero-order valence-corrected chi connectivity index (χ0v) is 17.0. The predicted octanol–water partition coefficient (Wildman–Crippen LogP) is 5.94. The zero-order valence-electron chi connectivity index (χ0n) is 16.2. The third-order valence-corrected chi connectivity index (χ3v) is 5.42. The highest BCUT2D eigenvalue weighted by atomic mass is 32.2. The van der Waals surface area contributed by atoms with E-state index in [1.54, 1.807) is 30.1 Å². The Labute approximate surface area is 173 Å². The molecule has 0 saturated carbocycles. The van der Waals surface area contributed by atoms with E-state index in [1.165, 1.54) is 0 Å². The van der Waals surface area contributed by atoms with Crippen LogP contribution in [-0.2, 0) is 0 Å². The van der Waals surface area contributed by atoms with Crippen LogP contribution in [0.1, 0.15) is 12.5 Å². The van der Waals surface area contributed by atoms with Gasteiger partial charge in [-0.15, -0.1) is 0 Å². The normalized spacial score (nSPS) is 10.8. The van der Waals surface area contributed by atoms with Crippen molar-refractivity contribution in [2.45, 2.75) is 23.6 Å². The molecule has 0 saturated heterocycles. The van der Waals surface area contributed by atoms with Gasteiger partial charge in [0.05, 0.1) is 18.0 Å². The van der Waals surface area contributed by atoms with E-state index in [2.05, 4.69) is 40.4 Å². The van der Waals surface area contributed by atoms with Crippen LogP contribution in [0.5, 0.6) is 11.6 Å². The third-order valence-electron chi connectivity index (χ3n) is 4.34. The van der Waals surface area contributed by atoms with Gasteiger partial charge >= 0.3 is 0 Å². The molecule has 2 heterocycles. The van der Waals surface area contributed by atoms with Crippen molar-refractivity contribution in [2.75, 3.05) is 11.9 Å². The molecular formula is C23H21N3O2S. The Hall–Kier alpha value is -3.25. The van der Waals surface area contributed by atoms with E-state index < -0.39 is 0 Å². The van der Waals surface area contributed by atoms with Crippen molar-refractivity contribution in [2.24, 2.45) is 0 Å². The van der Waals surface area contributed by atoms with Crippen molar-refractivity contribution in [1.82, 2.24) is 9.97 Å². The highest BCUT2D eigenvalue weighted by molar-refractivity contribution is 7.99. The molecule has 5 nitrogen and oxygen atoms in total. The fourth-order valence-corrected chi connectivity index (χ4v) is 3.85. The molecular weight excluding hydrogens is 382 g/mol. The van der Waals surface area contributed by atoms with E-state index in [-0.39, 0.29) is 5.75 Å². The average molecular weight is 404 g/mol. The predicted molar refractivity (Wildman–Crippen MR) is 117 cm³/mol. The Morgan fingerprint density at radius 3 is 2.62 bits per heavy atom. The molecule has 0 radical (unpaired) electrons. The second-order valence-corrected chi connectivity index (χ2v) is 7.65. The van der Waals surface area contributed by atoms with E-state index in [0.29, 0.717) is 18.1 Å². The van der Waals surface area contributed by atoms with Crippen molar-refractivity contribution < 1.29 is 9.84 Å². The number of fused-ring (bicyclic) bond motifs is 1. The number of phenols is 1. The fourth-order valence-electron chi connectivity index (χ4n) is 2.97. The maximum atomic E-state index is 9.52. The number of anilines is 2. The first-order valence-electron chi connectivity index (χ1n) is 9.35. The third kappa shape index (κ3) is 4.43. The topological polar surface area (TPSA) is 67.3 Å². The SMILES string of the molecule is CCOc1ccc2c(Nc3cc(C)ccc3Sc3ccc(O)cc3)ccnc2n1. The summed E-state index contributed by atoms with van der Waals surface area (Å²) in [7, 11) is 0. The van der Waals surface area contributed by atoms with Crippen LogP contribution in [0.2, 0.25) is 0 Å². The number of aryl methyl sites for hydroxylation is 1. The fraction of sp³-hybridized carbons (Fsp3) is 0.130. The Bertz CT molecular complexity index is 1150. The molecule has 0 atom stereocenters. The van der Waals surface area contributed by atoms with Gasteiger partial charge in [-0.3, -0.25) is 0 Å². The summed E-state index contributed by atoms with van der Waals surface area (Å²) in [6.07, 6.45) is 1.75. The van der Waals surface area contributed by atoms with Gasteiger partial charge in [0.25, 0.3) is 0 Å². The summed E-state index contributed by atoms with van der Waals surface area (Å²) in [5.41, 5.74) is 3.74. The number of aromatic hydroxyl groups is 1. The number of nitrogens with one attached hydrogen (secondary N) is 1. The lowest BCUT2D eigenvalue weighted by Crippen LogP contribution is -1.98. The minimum atomic E-state index is 0.263. The minimum Gasteiger partial charge on any atom is -0.508 e. The molecule has 146 valence electrons. The Balaban J connectivity index is 1.68. The smallest absolute Gasteiger partial charge is 0.215 e. The van der Waals surface area contributed by atoms with E-state index in [0.717, 1.165) is 32.1 Å². The lowest BCUT2D eigenvalue weighted by atomic mass is 10.2. The van der Waals surface area contributed by atoms with Gasteiger partial charge in [-0.1, -0.05) is 17.8 Å². The van der Waals surface area contributed by atoms with Crippen LogP contribution >= 0.6 is 11.8 Å².